The Bertz CT molecular complexity index is 619. The highest BCUT2D eigenvalue weighted by atomic mass is 16.5. The summed E-state index contributed by atoms with van der Waals surface area (Å²) in [6, 6.07) is 11.7. The van der Waals surface area contributed by atoms with Crippen LogP contribution in [-0.4, -0.2) is 36.1 Å². The number of hydrogen-bond donors (Lipinski definition) is 2. The SMILES string of the molecule is COCCCNC(=O)c1ccnc(NC(C)c2ccccc2)n1. The quantitative estimate of drug-likeness (QED) is 0.732. The molecule has 2 rings (SSSR count). The van der Waals surface area contributed by atoms with Crippen LogP contribution in [0, 0.1) is 0 Å². The number of amides is 1. The molecule has 6 heteroatoms. The van der Waals surface area contributed by atoms with Crippen molar-refractivity contribution in [2.45, 2.75) is 19.4 Å². The van der Waals surface area contributed by atoms with Crippen LogP contribution in [0.25, 0.3) is 0 Å². The third-order valence-electron chi connectivity index (χ3n) is 3.34. The fraction of sp³-hybridized carbons (Fsp3) is 0.353. The topological polar surface area (TPSA) is 76.1 Å². The molecule has 0 saturated heterocycles. The van der Waals surface area contributed by atoms with Gasteiger partial charge in [0.1, 0.15) is 5.69 Å². The van der Waals surface area contributed by atoms with Crippen molar-refractivity contribution in [2.24, 2.45) is 0 Å². The highest BCUT2D eigenvalue weighted by molar-refractivity contribution is 5.92. The van der Waals surface area contributed by atoms with E-state index < -0.39 is 0 Å². The Morgan fingerprint density at radius 3 is 2.78 bits per heavy atom. The van der Waals surface area contributed by atoms with E-state index in [2.05, 4.69) is 20.6 Å². The van der Waals surface area contributed by atoms with Crippen LogP contribution in [0.4, 0.5) is 5.95 Å². The number of nitrogens with one attached hydrogen (secondary N) is 2. The summed E-state index contributed by atoms with van der Waals surface area (Å²) in [7, 11) is 1.64. The van der Waals surface area contributed by atoms with Crippen LogP contribution >= 0.6 is 0 Å². The van der Waals surface area contributed by atoms with Crippen molar-refractivity contribution in [3.05, 3.63) is 53.9 Å². The van der Waals surface area contributed by atoms with E-state index in [1.807, 2.05) is 37.3 Å². The molecule has 0 aliphatic carbocycles. The number of carbonyl (C=O) groups excluding carboxylic acids is 1. The van der Waals surface area contributed by atoms with Crippen LogP contribution in [0.2, 0.25) is 0 Å². The van der Waals surface area contributed by atoms with Gasteiger partial charge in [-0.2, -0.15) is 0 Å². The summed E-state index contributed by atoms with van der Waals surface area (Å²) in [4.78, 5) is 20.5. The molecule has 0 spiro atoms. The van der Waals surface area contributed by atoms with E-state index in [-0.39, 0.29) is 11.9 Å². The lowest BCUT2D eigenvalue weighted by molar-refractivity contribution is 0.0943. The Hall–Kier alpha value is -2.47. The van der Waals surface area contributed by atoms with Crippen LogP contribution in [0.15, 0.2) is 42.6 Å². The van der Waals surface area contributed by atoms with Gasteiger partial charge in [0.15, 0.2) is 0 Å². The van der Waals surface area contributed by atoms with Crippen LogP contribution < -0.4 is 10.6 Å². The van der Waals surface area contributed by atoms with E-state index in [1.165, 1.54) is 0 Å². The maximum atomic E-state index is 12.0. The first-order chi connectivity index (χ1) is 11.2. The van der Waals surface area contributed by atoms with Crippen LogP contribution in [-0.2, 0) is 4.74 Å². The van der Waals surface area contributed by atoms with Gasteiger partial charge in [-0.25, -0.2) is 9.97 Å². The van der Waals surface area contributed by atoms with E-state index in [4.69, 9.17) is 4.74 Å². The maximum absolute atomic E-state index is 12.0. The molecular weight excluding hydrogens is 292 g/mol. The number of nitrogens with zero attached hydrogens (tertiary/aromatic N) is 2. The average molecular weight is 314 g/mol. The molecular formula is C17H22N4O2. The summed E-state index contributed by atoms with van der Waals surface area (Å²) in [5.41, 5.74) is 1.48. The zero-order valence-corrected chi connectivity index (χ0v) is 13.5. The highest BCUT2D eigenvalue weighted by Crippen LogP contribution is 2.16. The van der Waals surface area contributed by atoms with E-state index in [0.717, 1.165) is 12.0 Å². The zero-order valence-electron chi connectivity index (χ0n) is 13.5. The van der Waals surface area contributed by atoms with Gasteiger partial charge in [0.25, 0.3) is 5.91 Å². The summed E-state index contributed by atoms with van der Waals surface area (Å²) >= 11 is 0. The van der Waals surface area contributed by atoms with Crippen molar-refractivity contribution in [1.82, 2.24) is 15.3 Å². The van der Waals surface area contributed by atoms with Crippen molar-refractivity contribution in [3.8, 4) is 0 Å². The minimum atomic E-state index is -0.209. The molecule has 1 atom stereocenters. The molecule has 0 fully saturated rings. The molecule has 1 unspecified atom stereocenters. The summed E-state index contributed by atoms with van der Waals surface area (Å²) in [6.45, 7) is 3.20. The summed E-state index contributed by atoms with van der Waals surface area (Å²) in [5, 5.41) is 6.02. The molecule has 0 bridgehead atoms. The maximum Gasteiger partial charge on any atom is 0.270 e. The van der Waals surface area contributed by atoms with Gasteiger partial charge in [-0.15, -0.1) is 0 Å². The minimum absolute atomic E-state index is 0.0521. The minimum Gasteiger partial charge on any atom is -0.385 e. The van der Waals surface area contributed by atoms with Crippen molar-refractivity contribution in [2.75, 3.05) is 25.6 Å². The number of carbonyl (C=O) groups is 1. The molecule has 0 aliphatic heterocycles. The third kappa shape index (κ3) is 5.34. The Morgan fingerprint density at radius 2 is 2.04 bits per heavy atom. The zero-order chi connectivity index (χ0) is 16.5. The van der Waals surface area contributed by atoms with Crippen LogP contribution in [0.5, 0.6) is 0 Å². The number of benzene rings is 1. The lowest BCUT2D eigenvalue weighted by Gasteiger charge is -2.14. The molecule has 1 heterocycles. The van der Waals surface area contributed by atoms with Gasteiger partial charge < -0.3 is 15.4 Å². The lowest BCUT2D eigenvalue weighted by atomic mass is 10.1. The molecule has 0 saturated carbocycles. The second kappa shape index (κ2) is 8.85. The van der Waals surface area contributed by atoms with Crippen LogP contribution in [0.1, 0.15) is 35.4 Å². The molecule has 6 nitrogen and oxygen atoms in total. The number of hydrogen-bond acceptors (Lipinski definition) is 5. The molecule has 2 aromatic rings. The summed E-state index contributed by atoms with van der Waals surface area (Å²) in [6.07, 6.45) is 2.35. The largest absolute Gasteiger partial charge is 0.385 e. The smallest absolute Gasteiger partial charge is 0.270 e. The normalized spacial score (nSPS) is 11.7. The fourth-order valence-corrected chi connectivity index (χ4v) is 2.08. The molecule has 1 aromatic heterocycles. The Kier molecular flexibility index (Phi) is 6.50. The van der Waals surface area contributed by atoms with Crippen LogP contribution in [0.3, 0.4) is 0 Å². The van der Waals surface area contributed by atoms with Crippen molar-refractivity contribution in [1.29, 1.82) is 0 Å². The molecule has 0 radical (unpaired) electrons. The van der Waals surface area contributed by atoms with Crippen molar-refractivity contribution in [3.63, 3.8) is 0 Å². The molecule has 122 valence electrons. The summed E-state index contributed by atoms with van der Waals surface area (Å²) < 4.78 is 4.95. The van der Waals surface area contributed by atoms with Gasteiger partial charge in [-0.3, -0.25) is 4.79 Å². The Morgan fingerprint density at radius 1 is 1.26 bits per heavy atom. The standard InChI is InChI=1S/C17H22N4O2/c1-13(14-7-4-3-5-8-14)20-17-19-11-9-15(21-17)16(22)18-10-6-12-23-2/h3-5,7-9,11,13H,6,10,12H2,1-2H3,(H,18,22)(H,19,20,21). The molecule has 23 heavy (non-hydrogen) atoms. The predicted molar refractivity (Wildman–Crippen MR) is 89.3 cm³/mol. The Balaban J connectivity index is 1.95. The fourth-order valence-electron chi connectivity index (χ4n) is 2.08. The van der Waals surface area contributed by atoms with Gasteiger partial charge in [0.05, 0.1) is 6.04 Å². The van der Waals surface area contributed by atoms with E-state index in [0.29, 0.717) is 24.8 Å². The van der Waals surface area contributed by atoms with E-state index in [9.17, 15) is 4.79 Å². The summed E-state index contributed by atoms with van der Waals surface area (Å²) in [5.74, 6) is 0.227. The van der Waals surface area contributed by atoms with Crippen molar-refractivity contribution >= 4 is 11.9 Å². The lowest BCUT2D eigenvalue weighted by Crippen LogP contribution is -2.26. The molecule has 0 aliphatic rings. The third-order valence-corrected chi connectivity index (χ3v) is 3.34. The number of rotatable bonds is 8. The van der Waals surface area contributed by atoms with Gasteiger partial charge in [-0.05, 0) is 25.0 Å². The van der Waals surface area contributed by atoms with Gasteiger partial charge in [0, 0.05) is 26.5 Å². The van der Waals surface area contributed by atoms with Gasteiger partial charge in [-0.1, -0.05) is 30.3 Å². The monoisotopic (exact) mass is 314 g/mol. The molecule has 1 amide bonds. The first-order valence-electron chi connectivity index (χ1n) is 7.62. The predicted octanol–water partition coefficient (Wildman–Crippen LogP) is 2.42. The number of anilines is 1. The second-order valence-corrected chi connectivity index (χ2v) is 5.14. The first kappa shape index (κ1) is 16.9. The second-order valence-electron chi connectivity index (χ2n) is 5.14. The molecule has 2 N–H and O–H groups in total. The number of ether oxygens (including phenoxy) is 1. The number of aromatic nitrogens is 2. The van der Waals surface area contributed by atoms with E-state index >= 15 is 0 Å². The van der Waals surface area contributed by atoms with Crippen molar-refractivity contribution < 1.29 is 9.53 Å². The van der Waals surface area contributed by atoms with E-state index in [1.54, 1.807) is 19.4 Å². The average Bonchev–Trinajstić information content (AvgIpc) is 2.59. The highest BCUT2D eigenvalue weighted by Gasteiger charge is 2.10. The first-order valence-corrected chi connectivity index (χ1v) is 7.62. The molecule has 1 aromatic carbocycles. The van der Waals surface area contributed by atoms with Gasteiger partial charge in [0.2, 0.25) is 5.95 Å². The Labute approximate surface area is 136 Å². The van der Waals surface area contributed by atoms with Gasteiger partial charge >= 0.3 is 0 Å². The number of methoxy groups -OCH3 is 1.